The van der Waals surface area contributed by atoms with Crippen LogP contribution in [-0.4, -0.2) is 25.0 Å². The third-order valence-electron chi connectivity index (χ3n) is 4.97. The first-order chi connectivity index (χ1) is 13.4. The van der Waals surface area contributed by atoms with Crippen molar-refractivity contribution in [3.8, 4) is 5.75 Å². The van der Waals surface area contributed by atoms with Gasteiger partial charge in [-0.3, -0.25) is 9.59 Å². The summed E-state index contributed by atoms with van der Waals surface area (Å²) in [5.74, 6) is 0.256. The zero-order valence-electron chi connectivity index (χ0n) is 16.4. The summed E-state index contributed by atoms with van der Waals surface area (Å²) in [7, 11) is 0. The number of carbonyl (C=O) groups excluding carboxylic acids is 2. The Morgan fingerprint density at radius 2 is 1.96 bits per heavy atom. The van der Waals surface area contributed by atoms with Crippen LogP contribution in [0.15, 0.2) is 40.9 Å². The van der Waals surface area contributed by atoms with E-state index in [2.05, 4.69) is 28.2 Å². The van der Waals surface area contributed by atoms with Gasteiger partial charge in [0.1, 0.15) is 5.75 Å². The predicted octanol–water partition coefficient (Wildman–Crippen LogP) is 4.71. The Kier molecular flexibility index (Phi) is 6.39. The number of anilines is 2. The average Bonchev–Trinajstić information content (AvgIpc) is 3.06. The maximum absolute atomic E-state index is 12.9. The summed E-state index contributed by atoms with van der Waals surface area (Å²) in [5.41, 5.74) is 3.72. The average molecular weight is 445 g/mol. The van der Waals surface area contributed by atoms with Crippen molar-refractivity contribution in [2.24, 2.45) is 5.92 Å². The molecule has 2 amide bonds. The summed E-state index contributed by atoms with van der Waals surface area (Å²) in [6.45, 7) is 6.95. The van der Waals surface area contributed by atoms with Gasteiger partial charge in [-0.25, -0.2) is 0 Å². The monoisotopic (exact) mass is 444 g/mol. The van der Waals surface area contributed by atoms with E-state index >= 15 is 0 Å². The van der Waals surface area contributed by atoms with Crippen molar-refractivity contribution in [1.29, 1.82) is 0 Å². The largest absolute Gasteiger partial charge is 0.494 e. The van der Waals surface area contributed by atoms with Crippen LogP contribution in [0.5, 0.6) is 5.75 Å². The zero-order chi connectivity index (χ0) is 20.3. The minimum Gasteiger partial charge on any atom is -0.494 e. The third-order valence-corrected chi connectivity index (χ3v) is 5.42. The molecule has 3 rings (SSSR count). The van der Waals surface area contributed by atoms with E-state index in [4.69, 9.17) is 4.74 Å². The van der Waals surface area contributed by atoms with Crippen molar-refractivity contribution in [2.75, 3.05) is 23.4 Å². The molecular formula is C22H25BrN2O3. The summed E-state index contributed by atoms with van der Waals surface area (Å²) >= 11 is 3.50. The van der Waals surface area contributed by atoms with Crippen LogP contribution in [0.4, 0.5) is 11.4 Å². The van der Waals surface area contributed by atoms with Crippen LogP contribution >= 0.6 is 15.9 Å². The fraction of sp³-hybridized carbons (Fsp3) is 0.364. The molecule has 1 aliphatic heterocycles. The number of carbonyl (C=O) groups is 2. The fourth-order valence-corrected chi connectivity index (χ4v) is 4.14. The topological polar surface area (TPSA) is 58.6 Å². The second kappa shape index (κ2) is 8.78. The Bertz CT molecular complexity index is 880. The van der Waals surface area contributed by atoms with Crippen molar-refractivity contribution in [1.82, 2.24) is 0 Å². The molecule has 0 radical (unpaired) electrons. The molecule has 0 bridgehead atoms. The number of rotatable bonds is 6. The van der Waals surface area contributed by atoms with Crippen LogP contribution < -0.4 is 15.0 Å². The van der Waals surface area contributed by atoms with Gasteiger partial charge in [0.05, 0.1) is 12.5 Å². The van der Waals surface area contributed by atoms with Crippen LogP contribution in [0.25, 0.3) is 0 Å². The highest BCUT2D eigenvalue weighted by Gasteiger charge is 2.35. The van der Waals surface area contributed by atoms with E-state index in [9.17, 15) is 9.59 Å². The lowest BCUT2D eigenvalue weighted by Gasteiger charge is -2.18. The molecule has 0 aliphatic carbocycles. The lowest BCUT2D eigenvalue weighted by atomic mass is 10.0. The van der Waals surface area contributed by atoms with Crippen molar-refractivity contribution < 1.29 is 14.3 Å². The molecule has 0 spiro atoms. The smallest absolute Gasteiger partial charge is 0.229 e. The third kappa shape index (κ3) is 4.38. The van der Waals surface area contributed by atoms with E-state index in [1.165, 1.54) is 0 Å². The van der Waals surface area contributed by atoms with Gasteiger partial charge in [0.2, 0.25) is 11.8 Å². The number of nitrogens with one attached hydrogen (secondary N) is 1. The fourth-order valence-electron chi connectivity index (χ4n) is 3.52. The molecule has 28 heavy (non-hydrogen) atoms. The number of aryl methyl sites for hydroxylation is 2. The standard InChI is InChI=1S/C22H25BrN2O3/c1-4-15-11-17(23)10-14(3)21(15)24-22(27)16-12-20(26)25(13-16)18-6-8-19(9-7-18)28-5-2/h6-11,16H,4-5,12-13H2,1-3H3,(H,24,27)/t16-/m0/s1. The molecule has 1 heterocycles. The highest BCUT2D eigenvalue weighted by atomic mass is 79.9. The Morgan fingerprint density at radius 3 is 2.61 bits per heavy atom. The first-order valence-corrected chi connectivity index (χ1v) is 10.3. The number of ether oxygens (including phenoxy) is 1. The maximum atomic E-state index is 12.9. The second-order valence-electron chi connectivity index (χ2n) is 6.93. The van der Waals surface area contributed by atoms with Crippen molar-refractivity contribution in [3.05, 3.63) is 52.0 Å². The summed E-state index contributed by atoms with van der Waals surface area (Å²) < 4.78 is 6.44. The number of hydrogen-bond acceptors (Lipinski definition) is 3. The van der Waals surface area contributed by atoms with Gasteiger partial charge >= 0.3 is 0 Å². The minimum absolute atomic E-state index is 0.0347. The highest BCUT2D eigenvalue weighted by molar-refractivity contribution is 9.10. The van der Waals surface area contributed by atoms with Crippen molar-refractivity contribution in [3.63, 3.8) is 0 Å². The SMILES string of the molecule is CCOc1ccc(N2C[C@@H](C(=O)Nc3c(C)cc(Br)cc3CC)CC2=O)cc1. The quantitative estimate of drug-likeness (QED) is 0.701. The molecule has 148 valence electrons. The minimum atomic E-state index is -0.369. The summed E-state index contributed by atoms with van der Waals surface area (Å²) in [4.78, 5) is 27.0. The van der Waals surface area contributed by atoms with Crippen molar-refractivity contribution in [2.45, 2.75) is 33.6 Å². The number of nitrogens with zero attached hydrogens (tertiary/aromatic N) is 1. The lowest BCUT2D eigenvalue weighted by molar-refractivity contribution is -0.122. The van der Waals surface area contributed by atoms with Gasteiger partial charge in [0.25, 0.3) is 0 Å². The second-order valence-corrected chi connectivity index (χ2v) is 7.85. The molecule has 6 heteroatoms. The molecule has 0 unspecified atom stereocenters. The number of benzene rings is 2. The van der Waals surface area contributed by atoms with Crippen LogP contribution in [0, 0.1) is 12.8 Å². The molecular weight excluding hydrogens is 420 g/mol. The molecule has 2 aromatic rings. The molecule has 0 saturated carbocycles. The normalized spacial score (nSPS) is 16.4. The molecule has 1 saturated heterocycles. The Balaban J connectivity index is 1.72. The lowest BCUT2D eigenvalue weighted by Crippen LogP contribution is -2.28. The van der Waals surface area contributed by atoms with E-state index in [0.29, 0.717) is 13.2 Å². The van der Waals surface area contributed by atoms with E-state index in [0.717, 1.165) is 39.1 Å². The molecule has 2 aromatic carbocycles. The molecule has 1 N–H and O–H groups in total. The van der Waals surface area contributed by atoms with Gasteiger partial charge < -0.3 is 15.0 Å². The van der Waals surface area contributed by atoms with Gasteiger partial charge in [-0.15, -0.1) is 0 Å². The predicted molar refractivity (Wildman–Crippen MR) is 115 cm³/mol. The molecule has 5 nitrogen and oxygen atoms in total. The van der Waals surface area contributed by atoms with Gasteiger partial charge in [-0.05, 0) is 67.8 Å². The maximum Gasteiger partial charge on any atom is 0.229 e. The van der Waals surface area contributed by atoms with Crippen LogP contribution in [-0.2, 0) is 16.0 Å². The summed E-state index contributed by atoms with van der Waals surface area (Å²) in [6.07, 6.45) is 1.04. The molecule has 1 atom stereocenters. The molecule has 0 aromatic heterocycles. The van der Waals surface area contributed by atoms with Gasteiger partial charge in [0, 0.05) is 28.8 Å². The first-order valence-electron chi connectivity index (χ1n) is 9.56. The number of halogens is 1. The van der Waals surface area contributed by atoms with E-state index in [1.807, 2.05) is 50.2 Å². The first kappa shape index (κ1) is 20.4. The van der Waals surface area contributed by atoms with E-state index < -0.39 is 0 Å². The van der Waals surface area contributed by atoms with Gasteiger partial charge in [-0.2, -0.15) is 0 Å². The Morgan fingerprint density at radius 1 is 1.25 bits per heavy atom. The molecule has 1 fully saturated rings. The van der Waals surface area contributed by atoms with Crippen molar-refractivity contribution >= 4 is 39.1 Å². The van der Waals surface area contributed by atoms with Gasteiger partial charge in [-0.1, -0.05) is 22.9 Å². The zero-order valence-corrected chi connectivity index (χ0v) is 18.0. The Hall–Kier alpha value is -2.34. The molecule has 1 aliphatic rings. The van der Waals surface area contributed by atoms with Gasteiger partial charge in [0.15, 0.2) is 0 Å². The number of amides is 2. The van der Waals surface area contributed by atoms with Crippen LogP contribution in [0.2, 0.25) is 0 Å². The van der Waals surface area contributed by atoms with E-state index in [1.54, 1.807) is 4.90 Å². The highest BCUT2D eigenvalue weighted by Crippen LogP contribution is 2.30. The van der Waals surface area contributed by atoms with E-state index in [-0.39, 0.29) is 24.2 Å². The summed E-state index contributed by atoms with van der Waals surface area (Å²) in [6, 6.07) is 11.4. The summed E-state index contributed by atoms with van der Waals surface area (Å²) in [5, 5.41) is 3.06. The number of hydrogen-bond donors (Lipinski definition) is 1. The van der Waals surface area contributed by atoms with Crippen LogP contribution in [0.3, 0.4) is 0 Å². The van der Waals surface area contributed by atoms with Crippen LogP contribution in [0.1, 0.15) is 31.4 Å². The Labute approximate surface area is 174 Å².